The van der Waals surface area contributed by atoms with Gasteiger partial charge in [-0.1, -0.05) is 24.3 Å². The molecule has 0 radical (unpaired) electrons. The molecule has 0 amide bonds. The molecule has 1 unspecified atom stereocenters. The van der Waals surface area contributed by atoms with Gasteiger partial charge in [-0.25, -0.2) is 4.98 Å². The molecule has 3 aromatic rings. The fourth-order valence-corrected chi connectivity index (χ4v) is 2.95. The Morgan fingerprint density at radius 2 is 1.57 bits per heavy atom. The van der Waals surface area contributed by atoms with Gasteiger partial charge >= 0.3 is 0 Å². The maximum absolute atomic E-state index is 6.23. The van der Waals surface area contributed by atoms with Crippen LogP contribution >= 0.6 is 0 Å². The van der Waals surface area contributed by atoms with Crippen molar-refractivity contribution in [2.75, 3.05) is 20.8 Å². The lowest BCUT2D eigenvalue weighted by atomic mass is 10.1. The van der Waals surface area contributed by atoms with Crippen molar-refractivity contribution in [3.05, 3.63) is 78.4 Å². The first-order chi connectivity index (χ1) is 13.3. The molecule has 0 fully saturated rings. The van der Waals surface area contributed by atoms with Crippen molar-refractivity contribution in [2.45, 2.75) is 25.5 Å². The Balaban J connectivity index is 0.00000280. The van der Waals surface area contributed by atoms with E-state index in [4.69, 9.17) is 14.2 Å². The summed E-state index contributed by atoms with van der Waals surface area (Å²) in [7, 11) is 3.36. The topological polar surface area (TPSA) is 45.5 Å². The third kappa shape index (κ3) is 6.29. The van der Waals surface area contributed by atoms with Gasteiger partial charge in [0.25, 0.3) is 0 Å². The number of rotatable bonds is 10. The third-order valence-electron chi connectivity index (χ3n) is 4.51. The second-order valence-corrected chi connectivity index (χ2v) is 6.34. The van der Waals surface area contributed by atoms with E-state index in [1.54, 1.807) is 20.4 Å². The molecule has 6 heteroatoms. The second-order valence-electron chi connectivity index (χ2n) is 6.34. The maximum Gasteiger partial charge on any atom is 0.118 e. The van der Waals surface area contributed by atoms with Crippen LogP contribution in [0.15, 0.2) is 67.3 Å². The van der Waals surface area contributed by atoms with Gasteiger partial charge in [-0.05, 0) is 48.2 Å². The monoisotopic (exact) mass is 401 g/mol. The van der Waals surface area contributed by atoms with Crippen LogP contribution in [0.25, 0.3) is 0 Å². The molecular weight excluding hydrogens is 376 g/mol. The quantitative estimate of drug-likeness (QED) is 0.480. The van der Waals surface area contributed by atoms with E-state index in [0.29, 0.717) is 6.61 Å². The summed E-state index contributed by atoms with van der Waals surface area (Å²) in [4.78, 5) is 4.12. The molecule has 0 aliphatic carbocycles. The highest BCUT2D eigenvalue weighted by Gasteiger charge is 2.13. The normalized spacial score (nSPS) is 11.5. The van der Waals surface area contributed by atoms with E-state index >= 15 is 0 Å². The average Bonchev–Trinajstić information content (AvgIpc) is 3.24. The average molecular weight is 402 g/mol. The first kappa shape index (κ1) is 21.8. The molecule has 5 nitrogen and oxygen atoms in total. The minimum atomic E-state index is -0.0269. The van der Waals surface area contributed by atoms with Crippen molar-refractivity contribution in [1.29, 1.82) is 0 Å². The first-order valence-electron chi connectivity index (χ1n) is 9.12. The highest BCUT2D eigenvalue weighted by molar-refractivity contribution is 5.29. The number of ether oxygens (including phenoxy) is 3. The fourth-order valence-electron chi connectivity index (χ4n) is 2.95. The van der Waals surface area contributed by atoms with E-state index in [2.05, 4.69) is 29.2 Å². The highest BCUT2D eigenvalue weighted by Crippen LogP contribution is 2.23. The van der Waals surface area contributed by atoms with Crippen LogP contribution in [-0.2, 0) is 17.7 Å². The molecule has 150 valence electrons. The van der Waals surface area contributed by atoms with Gasteiger partial charge in [0.05, 0.1) is 27.1 Å². The van der Waals surface area contributed by atoms with Crippen LogP contribution in [0.4, 0.5) is 0 Å². The van der Waals surface area contributed by atoms with Crippen LogP contribution in [0.3, 0.4) is 0 Å². The number of hydrogen-bond acceptors (Lipinski definition) is 4. The summed E-state index contributed by atoms with van der Waals surface area (Å²) >= 11 is 0. The summed E-state index contributed by atoms with van der Waals surface area (Å²) in [6, 6.07) is 16.3. The summed E-state index contributed by atoms with van der Waals surface area (Å²) in [5.74, 6) is 1.73. The summed E-state index contributed by atoms with van der Waals surface area (Å²) in [6.07, 6.45) is 7.47. The van der Waals surface area contributed by atoms with Gasteiger partial charge in [-0.15, -0.1) is 0 Å². The van der Waals surface area contributed by atoms with E-state index in [1.807, 2.05) is 41.4 Å². The van der Waals surface area contributed by atoms with Gasteiger partial charge in [-0.3, -0.25) is 0 Å². The number of nitrogens with zero attached hydrogens (tertiary/aromatic N) is 2. The number of aryl methyl sites for hydroxylation is 1. The zero-order chi connectivity index (χ0) is 18.9. The Hall–Kier alpha value is -2.50. The lowest BCUT2D eigenvalue weighted by Gasteiger charge is -2.19. The van der Waals surface area contributed by atoms with Crippen LogP contribution in [0, 0.1) is 0 Å². The van der Waals surface area contributed by atoms with Crippen molar-refractivity contribution < 1.29 is 26.6 Å². The Morgan fingerprint density at radius 3 is 2.14 bits per heavy atom. The van der Waals surface area contributed by atoms with E-state index in [-0.39, 0.29) is 18.5 Å². The molecule has 0 aliphatic rings. The lowest BCUT2D eigenvalue weighted by Crippen LogP contribution is -3.00. The minimum absolute atomic E-state index is 0. The second kappa shape index (κ2) is 11.4. The van der Waals surface area contributed by atoms with Crippen LogP contribution in [-0.4, -0.2) is 30.4 Å². The number of hydrogen-bond donors (Lipinski definition) is 0. The van der Waals surface area contributed by atoms with Gasteiger partial charge in [-0.2, -0.15) is 0 Å². The van der Waals surface area contributed by atoms with Crippen molar-refractivity contribution in [1.82, 2.24) is 9.55 Å². The van der Waals surface area contributed by atoms with Crippen molar-refractivity contribution >= 4 is 0 Å². The maximum atomic E-state index is 6.23. The number of halogens is 1. The molecule has 0 bridgehead atoms. The van der Waals surface area contributed by atoms with Crippen LogP contribution in [0.5, 0.6) is 11.5 Å². The van der Waals surface area contributed by atoms with Crippen LogP contribution in [0.2, 0.25) is 0 Å². The largest absolute Gasteiger partial charge is 1.00 e. The van der Waals surface area contributed by atoms with Crippen LogP contribution < -0.4 is 21.9 Å². The van der Waals surface area contributed by atoms with E-state index in [0.717, 1.165) is 36.4 Å². The smallest absolute Gasteiger partial charge is 0.118 e. The van der Waals surface area contributed by atoms with Gasteiger partial charge in [0.1, 0.15) is 17.6 Å². The summed E-state index contributed by atoms with van der Waals surface area (Å²) in [6.45, 7) is 1.42. The van der Waals surface area contributed by atoms with Gasteiger partial charge in [0.15, 0.2) is 0 Å². The van der Waals surface area contributed by atoms with E-state index < -0.39 is 0 Å². The highest BCUT2D eigenvalue weighted by atomic mass is 35.5. The molecule has 0 spiro atoms. The predicted molar refractivity (Wildman–Crippen MR) is 105 cm³/mol. The summed E-state index contributed by atoms with van der Waals surface area (Å²) in [5, 5.41) is 0. The molecular formula is C22H26ClN2O3-. The molecule has 0 saturated carbocycles. The molecule has 1 aromatic heterocycles. The van der Waals surface area contributed by atoms with Gasteiger partial charge in [0.2, 0.25) is 0 Å². The number of imidazole rings is 1. The minimum Gasteiger partial charge on any atom is -1.00 e. The SMILES string of the molecule is COc1ccc(CCCOC(Cn2ccnc2)c2ccc(OC)cc2)cc1.[Cl-]. The Kier molecular flexibility index (Phi) is 8.85. The van der Waals surface area contributed by atoms with E-state index in [1.165, 1.54) is 5.56 Å². The van der Waals surface area contributed by atoms with Crippen LogP contribution in [0.1, 0.15) is 23.7 Å². The number of methoxy groups -OCH3 is 2. The van der Waals surface area contributed by atoms with Crippen molar-refractivity contribution in [3.8, 4) is 11.5 Å². The van der Waals surface area contributed by atoms with Crippen molar-refractivity contribution in [3.63, 3.8) is 0 Å². The molecule has 0 saturated heterocycles. The standard InChI is InChI=1S/C22H26N2O3.ClH/c1-25-20-9-5-18(6-10-20)4-3-15-27-22(16-24-14-13-23-17-24)19-7-11-21(26-2)12-8-19;/h5-14,17,22H,3-4,15-16H2,1-2H3;1H/p-1. The van der Waals surface area contributed by atoms with E-state index in [9.17, 15) is 0 Å². The lowest BCUT2D eigenvalue weighted by molar-refractivity contribution is -0.00000874. The summed E-state index contributed by atoms with van der Waals surface area (Å²) < 4.78 is 18.7. The predicted octanol–water partition coefficient (Wildman–Crippen LogP) is 1.29. The Bertz CT molecular complexity index is 790. The molecule has 2 aromatic carbocycles. The first-order valence-corrected chi connectivity index (χ1v) is 9.12. The molecule has 28 heavy (non-hydrogen) atoms. The zero-order valence-electron chi connectivity index (χ0n) is 16.3. The Labute approximate surface area is 172 Å². The molecule has 3 rings (SSSR count). The molecule has 0 aliphatic heterocycles. The van der Waals surface area contributed by atoms with Gasteiger partial charge in [0, 0.05) is 19.0 Å². The number of aromatic nitrogens is 2. The van der Waals surface area contributed by atoms with Crippen molar-refractivity contribution in [2.24, 2.45) is 0 Å². The third-order valence-corrected chi connectivity index (χ3v) is 4.51. The zero-order valence-corrected chi connectivity index (χ0v) is 17.0. The molecule has 1 heterocycles. The molecule has 0 N–H and O–H groups in total. The summed E-state index contributed by atoms with van der Waals surface area (Å²) in [5.41, 5.74) is 2.42. The van der Waals surface area contributed by atoms with Gasteiger partial charge < -0.3 is 31.2 Å². The fraction of sp³-hybridized carbons (Fsp3) is 0.318. The number of benzene rings is 2. The Morgan fingerprint density at radius 1 is 0.929 bits per heavy atom. The molecule has 1 atom stereocenters.